The van der Waals surface area contributed by atoms with Gasteiger partial charge in [-0.3, -0.25) is 0 Å². The van der Waals surface area contributed by atoms with Crippen LogP contribution in [0.4, 0.5) is 10.1 Å². The Kier molecular flexibility index (Phi) is 3.33. The molecule has 0 spiro atoms. The van der Waals surface area contributed by atoms with Crippen molar-refractivity contribution in [2.45, 2.75) is 6.54 Å². The van der Waals surface area contributed by atoms with Crippen molar-refractivity contribution >= 4 is 5.69 Å². The third-order valence-corrected chi connectivity index (χ3v) is 3.11. The Morgan fingerprint density at radius 2 is 2.15 bits per heavy atom. The number of para-hydroxylation sites is 1. The van der Waals surface area contributed by atoms with Crippen molar-refractivity contribution in [2.24, 2.45) is 0 Å². The number of nitrogens with one attached hydrogen (secondary N) is 1. The van der Waals surface area contributed by atoms with Gasteiger partial charge in [0, 0.05) is 23.9 Å². The lowest BCUT2D eigenvalue weighted by Gasteiger charge is -2.10. The first-order valence-corrected chi connectivity index (χ1v) is 6.23. The van der Waals surface area contributed by atoms with Gasteiger partial charge in [0.25, 0.3) is 0 Å². The minimum Gasteiger partial charge on any atom is -0.494 e. The van der Waals surface area contributed by atoms with Gasteiger partial charge in [0.15, 0.2) is 23.1 Å². The van der Waals surface area contributed by atoms with E-state index in [0.29, 0.717) is 12.2 Å². The van der Waals surface area contributed by atoms with Crippen LogP contribution < -0.4 is 19.5 Å². The van der Waals surface area contributed by atoms with Gasteiger partial charge in [0.2, 0.25) is 6.79 Å². The van der Waals surface area contributed by atoms with Crippen molar-refractivity contribution in [3.8, 4) is 17.2 Å². The van der Waals surface area contributed by atoms with Crippen LogP contribution in [-0.2, 0) is 6.54 Å². The lowest BCUT2D eigenvalue weighted by molar-refractivity contribution is 0.173. The second-order valence-corrected chi connectivity index (χ2v) is 4.35. The monoisotopic (exact) mass is 275 g/mol. The smallest absolute Gasteiger partial charge is 0.231 e. The van der Waals surface area contributed by atoms with Crippen LogP contribution in [0.25, 0.3) is 0 Å². The topological polar surface area (TPSA) is 39.7 Å². The zero-order chi connectivity index (χ0) is 13.9. The quantitative estimate of drug-likeness (QED) is 0.930. The number of rotatable bonds is 4. The summed E-state index contributed by atoms with van der Waals surface area (Å²) in [5.41, 5.74) is 1.65. The van der Waals surface area contributed by atoms with Gasteiger partial charge >= 0.3 is 0 Å². The molecule has 0 aliphatic carbocycles. The minimum atomic E-state index is -0.393. The molecule has 0 atom stereocenters. The standard InChI is InChI=1S/C15H14FNO3/c1-18-13-6-5-11(7-12(13)16)17-8-10-3-2-4-14-15(10)20-9-19-14/h2-7,17H,8-9H2,1H3. The summed E-state index contributed by atoms with van der Waals surface area (Å²) in [6.45, 7) is 0.766. The Hall–Kier alpha value is -2.43. The van der Waals surface area contributed by atoms with Crippen molar-refractivity contribution in [1.82, 2.24) is 0 Å². The SMILES string of the molecule is COc1ccc(NCc2cccc3c2OCO3)cc1F. The van der Waals surface area contributed by atoms with Crippen LogP contribution in [0.5, 0.6) is 17.2 Å². The third kappa shape index (κ3) is 2.34. The van der Waals surface area contributed by atoms with Crippen LogP contribution in [0.1, 0.15) is 5.56 Å². The lowest BCUT2D eigenvalue weighted by Crippen LogP contribution is -2.02. The van der Waals surface area contributed by atoms with E-state index < -0.39 is 5.82 Å². The summed E-state index contributed by atoms with van der Waals surface area (Å²) < 4.78 is 29.2. The molecule has 0 amide bonds. The predicted octanol–water partition coefficient (Wildman–Crippen LogP) is 3.18. The molecule has 2 aromatic rings. The number of hydrogen-bond acceptors (Lipinski definition) is 4. The zero-order valence-electron chi connectivity index (χ0n) is 11.0. The molecule has 104 valence electrons. The van der Waals surface area contributed by atoms with Crippen LogP contribution >= 0.6 is 0 Å². The Morgan fingerprint density at radius 1 is 1.25 bits per heavy atom. The first-order chi connectivity index (χ1) is 9.78. The van der Waals surface area contributed by atoms with Gasteiger partial charge in [-0.15, -0.1) is 0 Å². The molecule has 4 nitrogen and oxygen atoms in total. The number of hydrogen-bond donors (Lipinski definition) is 1. The fraction of sp³-hybridized carbons (Fsp3) is 0.200. The summed E-state index contributed by atoms with van der Waals surface area (Å²) in [4.78, 5) is 0. The number of anilines is 1. The maximum atomic E-state index is 13.6. The Balaban J connectivity index is 1.74. The highest BCUT2D eigenvalue weighted by molar-refractivity contribution is 5.52. The van der Waals surface area contributed by atoms with E-state index in [0.717, 1.165) is 17.1 Å². The van der Waals surface area contributed by atoms with E-state index in [1.165, 1.54) is 13.2 Å². The van der Waals surface area contributed by atoms with Crippen molar-refractivity contribution in [3.63, 3.8) is 0 Å². The summed E-state index contributed by atoms with van der Waals surface area (Å²) >= 11 is 0. The molecule has 0 unspecified atom stereocenters. The highest BCUT2D eigenvalue weighted by atomic mass is 19.1. The second kappa shape index (κ2) is 5.28. The van der Waals surface area contributed by atoms with Gasteiger partial charge < -0.3 is 19.5 Å². The Labute approximate surface area is 116 Å². The van der Waals surface area contributed by atoms with E-state index in [1.54, 1.807) is 12.1 Å². The maximum Gasteiger partial charge on any atom is 0.231 e. The van der Waals surface area contributed by atoms with Crippen LogP contribution in [-0.4, -0.2) is 13.9 Å². The highest BCUT2D eigenvalue weighted by Crippen LogP contribution is 2.35. The van der Waals surface area contributed by atoms with Crippen LogP contribution in [0.3, 0.4) is 0 Å². The van der Waals surface area contributed by atoms with Crippen LogP contribution in [0.15, 0.2) is 36.4 Å². The molecular weight excluding hydrogens is 261 g/mol. The van der Waals surface area contributed by atoms with E-state index in [4.69, 9.17) is 14.2 Å². The number of halogens is 1. The van der Waals surface area contributed by atoms with Crippen molar-refractivity contribution in [1.29, 1.82) is 0 Å². The van der Waals surface area contributed by atoms with Gasteiger partial charge in [-0.1, -0.05) is 12.1 Å². The number of benzene rings is 2. The van der Waals surface area contributed by atoms with Crippen LogP contribution in [0.2, 0.25) is 0 Å². The van der Waals surface area contributed by atoms with Gasteiger partial charge in [-0.2, -0.15) is 0 Å². The lowest BCUT2D eigenvalue weighted by atomic mass is 10.2. The number of ether oxygens (including phenoxy) is 3. The molecule has 1 N–H and O–H groups in total. The van der Waals surface area contributed by atoms with E-state index in [-0.39, 0.29) is 12.5 Å². The largest absolute Gasteiger partial charge is 0.494 e. The molecule has 3 rings (SSSR count). The molecule has 0 bridgehead atoms. The van der Waals surface area contributed by atoms with E-state index in [2.05, 4.69) is 5.32 Å². The normalized spacial score (nSPS) is 12.3. The molecule has 0 saturated heterocycles. The van der Waals surface area contributed by atoms with Crippen molar-refractivity contribution in [3.05, 3.63) is 47.8 Å². The maximum absolute atomic E-state index is 13.6. The molecule has 0 fully saturated rings. The van der Waals surface area contributed by atoms with Crippen LogP contribution in [0, 0.1) is 5.82 Å². The summed E-state index contributed by atoms with van der Waals surface area (Å²) in [6.07, 6.45) is 0. The average molecular weight is 275 g/mol. The molecule has 0 aromatic heterocycles. The number of methoxy groups -OCH3 is 1. The Morgan fingerprint density at radius 3 is 2.95 bits per heavy atom. The zero-order valence-corrected chi connectivity index (χ0v) is 11.0. The summed E-state index contributed by atoms with van der Waals surface area (Å²) in [5, 5.41) is 3.15. The van der Waals surface area contributed by atoms with Gasteiger partial charge in [0.1, 0.15) is 0 Å². The van der Waals surface area contributed by atoms with E-state index >= 15 is 0 Å². The predicted molar refractivity (Wildman–Crippen MR) is 72.8 cm³/mol. The second-order valence-electron chi connectivity index (χ2n) is 4.35. The summed E-state index contributed by atoms with van der Waals surface area (Å²) in [6, 6.07) is 10.5. The van der Waals surface area contributed by atoms with Gasteiger partial charge in [-0.05, 0) is 18.2 Å². The molecule has 0 radical (unpaired) electrons. The van der Waals surface area contributed by atoms with Crippen molar-refractivity contribution < 1.29 is 18.6 Å². The fourth-order valence-corrected chi connectivity index (χ4v) is 2.10. The van der Waals surface area contributed by atoms with E-state index in [9.17, 15) is 4.39 Å². The third-order valence-electron chi connectivity index (χ3n) is 3.11. The van der Waals surface area contributed by atoms with Crippen molar-refractivity contribution in [2.75, 3.05) is 19.2 Å². The molecule has 1 aliphatic rings. The molecule has 20 heavy (non-hydrogen) atoms. The fourth-order valence-electron chi connectivity index (χ4n) is 2.10. The van der Waals surface area contributed by atoms with E-state index in [1.807, 2.05) is 18.2 Å². The molecule has 0 saturated carbocycles. The minimum absolute atomic E-state index is 0.230. The molecule has 2 aromatic carbocycles. The average Bonchev–Trinajstić information content (AvgIpc) is 2.94. The Bertz CT molecular complexity index is 631. The summed E-state index contributed by atoms with van der Waals surface area (Å²) in [7, 11) is 1.44. The first kappa shape index (κ1) is 12.6. The van der Waals surface area contributed by atoms with Gasteiger partial charge in [-0.25, -0.2) is 4.39 Å². The first-order valence-electron chi connectivity index (χ1n) is 6.23. The molecule has 5 heteroatoms. The molecule has 1 aliphatic heterocycles. The summed E-state index contributed by atoms with van der Waals surface area (Å²) in [5.74, 6) is 1.32. The number of fused-ring (bicyclic) bond motifs is 1. The highest BCUT2D eigenvalue weighted by Gasteiger charge is 2.16. The van der Waals surface area contributed by atoms with Gasteiger partial charge in [0.05, 0.1) is 7.11 Å². The molecular formula is C15H14FNO3. The molecule has 1 heterocycles.